The molecule has 1 amide bonds. The Balaban J connectivity index is 1.99. The summed E-state index contributed by atoms with van der Waals surface area (Å²) in [5.74, 6) is 0.271. The van der Waals surface area contributed by atoms with Gasteiger partial charge in [-0.25, -0.2) is 0 Å². The predicted octanol–water partition coefficient (Wildman–Crippen LogP) is 2.76. The Bertz CT molecular complexity index is 452. The molecule has 0 aromatic heterocycles. The number of benzene rings is 1. The van der Waals surface area contributed by atoms with E-state index in [1.165, 1.54) is 10.5 Å². The smallest absolute Gasteiger partial charge is 0.228 e. The molecule has 2 rings (SSSR count). The van der Waals surface area contributed by atoms with Gasteiger partial charge in [-0.05, 0) is 49.9 Å². The monoisotopic (exact) mass is 292 g/mol. The van der Waals surface area contributed by atoms with Gasteiger partial charge in [-0.15, -0.1) is 11.8 Å². The molecule has 0 unspecified atom stereocenters. The number of carbonyl (C=O) groups is 1. The highest BCUT2D eigenvalue weighted by molar-refractivity contribution is 7.98. The number of nitrogens with zero attached hydrogens (tertiary/aromatic N) is 1. The number of hydrogen-bond acceptors (Lipinski definition) is 3. The molecule has 1 saturated heterocycles. The molecule has 0 bridgehead atoms. The van der Waals surface area contributed by atoms with E-state index >= 15 is 0 Å². The molecule has 1 heterocycles. The third-order valence-electron chi connectivity index (χ3n) is 4.15. The highest BCUT2D eigenvalue weighted by Crippen LogP contribution is 2.30. The van der Waals surface area contributed by atoms with Gasteiger partial charge in [0.1, 0.15) is 0 Å². The first-order valence-electron chi connectivity index (χ1n) is 7.14. The zero-order chi connectivity index (χ0) is 14.6. The molecule has 1 N–H and O–H groups in total. The van der Waals surface area contributed by atoms with E-state index in [0.29, 0.717) is 6.54 Å². The van der Waals surface area contributed by atoms with Gasteiger partial charge in [0.25, 0.3) is 0 Å². The summed E-state index contributed by atoms with van der Waals surface area (Å²) in [4.78, 5) is 15.8. The molecular weight excluding hydrogens is 268 g/mol. The van der Waals surface area contributed by atoms with Gasteiger partial charge in [0, 0.05) is 23.9 Å². The van der Waals surface area contributed by atoms with Crippen LogP contribution < -0.4 is 5.32 Å². The molecule has 1 fully saturated rings. The van der Waals surface area contributed by atoms with Crippen LogP contribution >= 0.6 is 11.8 Å². The Kier molecular flexibility index (Phi) is 5.11. The maximum atomic E-state index is 12.6. The van der Waals surface area contributed by atoms with Crippen molar-refractivity contribution in [2.24, 2.45) is 5.41 Å². The van der Waals surface area contributed by atoms with Crippen molar-refractivity contribution in [3.8, 4) is 0 Å². The standard InChI is InChI=1S/C16H24N2OS/c1-16(8-10-17-11-9-16)15(19)18(2)12-13-4-6-14(20-3)7-5-13/h4-7,17H,8-12H2,1-3H3. The Hall–Kier alpha value is -1.00. The summed E-state index contributed by atoms with van der Waals surface area (Å²) in [6, 6.07) is 8.45. The van der Waals surface area contributed by atoms with Crippen LogP contribution in [0.5, 0.6) is 0 Å². The highest BCUT2D eigenvalue weighted by atomic mass is 32.2. The van der Waals surface area contributed by atoms with E-state index in [0.717, 1.165) is 25.9 Å². The van der Waals surface area contributed by atoms with Gasteiger partial charge in [-0.3, -0.25) is 4.79 Å². The van der Waals surface area contributed by atoms with Crippen LogP contribution in [-0.2, 0) is 11.3 Å². The van der Waals surface area contributed by atoms with E-state index in [9.17, 15) is 4.79 Å². The molecule has 3 nitrogen and oxygen atoms in total. The number of hydrogen-bond donors (Lipinski definition) is 1. The lowest BCUT2D eigenvalue weighted by Gasteiger charge is -2.36. The largest absolute Gasteiger partial charge is 0.341 e. The number of piperidine rings is 1. The maximum Gasteiger partial charge on any atom is 0.228 e. The number of thioether (sulfide) groups is 1. The molecule has 0 atom stereocenters. The average Bonchev–Trinajstić information content (AvgIpc) is 2.48. The first-order chi connectivity index (χ1) is 9.55. The van der Waals surface area contributed by atoms with Gasteiger partial charge in [-0.2, -0.15) is 0 Å². The third kappa shape index (κ3) is 3.55. The van der Waals surface area contributed by atoms with Crippen LogP contribution in [0, 0.1) is 5.41 Å². The van der Waals surface area contributed by atoms with Crippen LogP contribution in [0.1, 0.15) is 25.3 Å². The first-order valence-corrected chi connectivity index (χ1v) is 8.37. The van der Waals surface area contributed by atoms with E-state index in [-0.39, 0.29) is 11.3 Å². The van der Waals surface area contributed by atoms with E-state index in [4.69, 9.17) is 0 Å². The second kappa shape index (κ2) is 6.64. The molecule has 1 aliphatic heterocycles. The molecule has 0 radical (unpaired) electrons. The number of rotatable bonds is 4. The van der Waals surface area contributed by atoms with E-state index < -0.39 is 0 Å². The Labute approximate surface area is 126 Å². The summed E-state index contributed by atoms with van der Waals surface area (Å²) < 4.78 is 0. The van der Waals surface area contributed by atoms with E-state index in [1.54, 1.807) is 11.8 Å². The van der Waals surface area contributed by atoms with Crippen LogP contribution in [0.3, 0.4) is 0 Å². The summed E-state index contributed by atoms with van der Waals surface area (Å²) in [6.07, 6.45) is 3.94. The van der Waals surface area contributed by atoms with Gasteiger partial charge in [0.2, 0.25) is 5.91 Å². The molecule has 20 heavy (non-hydrogen) atoms. The zero-order valence-electron chi connectivity index (χ0n) is 12.6. The number of amides is 1. The SMILES string of the molecule is CSc1ccc(CN(C)C(=O)C2(C)CCNCC2)cc1. The fourth-order valence-corrected chi connectivity index (χ4v) is 3.14. The summed E-state index contributed by atoms with van der Waals surface area (Å²) in [6.45, 7) is 4.68. The van der Waals surface area contributed by atoms with E-state index in [2.05, 4.69) is 42.8 Å². The molecule has 110 valence electrons. The van der Waals surface area contributed by atoms with Crippen molar-refractivity contribution < 1.29 is 4.79 Å². The number of nitrogens with one attached hydrogen (secondary N) is 1. The van der Waals surface area contributed by atoms with Crippen molar-refractivity contribution in [3.63, 3.8) is 0 Å². The number of carbonyl (C=O) groups excluding carboxylic acids is 1. The van der Waals surface area contributed by atoms with Crippen molar-refractivity contribution >= 4 is 17.7 Å². The fourth-order valence-electron chi connectivity index (χ4n) is 2.73. The fraction of sp³-hybridized carbons (Fsp3) is 0.562. The first kappa shape index (κ1) is 15.4. The van der Waals surface area contributed by atoms with Crippen molar-refractivity contribution in [1.82, 2.24) is 10.2 Å². The van der Waals surface area contributed by atoms with Crippen molar-refractivity contribution in [2.45, 2.75) is 31.2 Å². The van der Waals surface area contributed by atoms with Crippen molar-refractivity contribution in [2.75, 3.05) is 26.4 Å². The summed E-state index contributed by atoms with van der Waals surface area (Å²) in [7, 11) is 1.91. The molecule has 0 spiro atoms. The molecule has 1 aliphatic rings. The second-order valence-electron chi connectivity index (χ2n) is 5.82. The van der Waals surface area contributed by atoms with Crippen LogP contribution in [-0.4, -0.2) is 37.2 Å². The lowest BCUT2D eigenvalue weighted by molar-refractivity contribution is -0.141. The molecule has 0 aliphatic carbocycles. The minimum absolute atomic E-state index is 0.195. The summed E-state index contributed by atoms with van der Waals surface area (Å²) in [5.41, 5.74) is 0.996. The average molecular weight is 292 g/mol. The minimum Gasteiger partial charge on any atom is -0.341 e. The highest BCUT2D eigenvalue weighted by Gasteiger charge is 2.36. The second-order valence-corrected chi connectivity index (χ2v) is 6.70. The Morgan fingerprint density at radius 2 is 1.90 bits per heavy atom. The molecule has 4 heteroatoms. The quantitative estimate of drug-likeness (QED) is 0.866. The lowest BCUT2D eigenvalue weighted by Crippen LogP contribution is -2.46. The normalized spacial score (nSPS) is 17.8. The summed E-state index contributed by atoms with van der Waals surface area (Å²) in [5, 5.41) is 3.32. The van der Waals surface area contributed by atoms with Crippen LogP contribution in [0.2, 0.25) is 0 Å². The topological polar surface area (TPSA) is 32.3 Å². The zero-order valence-corrected chi connectivity index (χ0v) is 13.4. The van der Waals surface area contributed by atoms with E-state index in [1.807, 2.05) is 11.9 Å². The Morgan fingerprint density at radius 1 is 1.30 bits per heavy atom. The van der Waals surface area contributed by atoms with Crippen LogP contribution in [0.4, 0.5) is 0 Å². The summed E-state index contributed by atoms with van der Waals surface area (Å²) >= 11 is 1.74. The lowest BCUT2D eigenvalue weighted by atomic mass is 9.79. The predicted molar refractivity (Wildman–Crippen MR) is 84.9 cm³/mol. The van der Waals surface area contributed by atoms with Crippen molar-refractivity contribution in [3.05, 3.63) is 29.8 Å². The molecule has 1 aromatic rings. The Morgan fingerprint density at radius 3 is 2.45 bits per heavy atom. The third-order valence-corrected chi connectivity index (χ3v) is 4.89. The minimum atomic E-state index is -0.195. The molecule has 1 aromatic carbocycles. The van der Waals surface area contributed by atoms with Gasteiger partial charge in [-0.1, -0.05) is 19.1 Å². The van der Waals surface area contributed by atoms with Crippen molar-refractivity contribution in [1.29, 1.82) is 0 Å². The molecular formula is C16H24N2OS. The van der Waals surface area contributed by atoms with Gasteiger partial charge < -0.3 is 10.2 Å². The van der Waals surface area contributed by atoms with Gasteiger partial charge in [0.15, 0.2) is 0 Å². The van der Waals surface area contributed by atoms with Crippen LogP contribution in [0.25, 0.3) is 0 Å². The van der Waals surface area contributed by atoms with Crippen LogP contribution in [0.15, 0.2) is 29.2 Å². The molecule has 0 saturated carbocycles. The van der Waals surface area contributed by atoms with Gasteiger partial charge >= 0.3 is 0 Å². The van der Waals surface area contributed by atoms with Gasteiger partial charge in [0.05, 0.1) is 0 Å². The maximum absolute atomic E-state index is 12.6.